The van der Waals surface area contributed by atoms with Crippen molar-refractivity contribution in [3.05, 3.63) is 39.6 Å². The molecule has 0 radical (unpaired) electrons. The molecule has 0 spiro atoms. The van der Waals surface area contributed by atoms with Gasteiger partial charge in [-0.3, -0.25) is 4.79 Å². The summed E-state index contributed by atoms with van der Waals surface area (Å²) in [4.78, 5) is 17.7. The summed E-state index contributed by atoms with van der Waals surface area (Å²) in [5, 5.41) is 9.34. The third-order valence-corrected chi connectivity index (χ3v) is 2.46. The van der Waals surface area contributed by atoms with Gasteiger partial charge in [-0.15, -0.1) is 0 Å². The number of benzene rings is 1. The van der Waals surface area contributed by atoms with Gasteiger partial charge in [0.25, 0.3) is 5.56 Å². The van der Waals surface area contributed by atoms with Crippen molar-refractivity contribution in [3.8, 4) is 0 Å². The van der Waals surface area contributed by atoms with Gasteiger partial charge in [-0.25, -0.2) is 9.37 Å². The summed E-state index contributed by atoms with van der Waals surface area (Å²) in [6.07, 6.45) is -0.922. The van der Waals surface area contributed by atoms with E-state index in [9.17, 15) is 14.3 Å². The molecule has 0 bridgehead atoms. The van der Waals surface area contributed by atoms with E-state index in [0.29, 0.717) is 5.52 Å². The van der Waals surface area contributed by atoms with Crippen LogP contribution in [0.1, 0.15) is 24.3 Å². The van der Waals surface area contributed by atoms with Crippen molar-refractivity contribution in [1.82, 2.24) is 9.97 Å². The van der Waals surface area contributed by atoms with Crippen LogP contribution >= 0.6 is 0 Å². The van der Waals surface area contributed by atoms with Crippen LogP contribution < -0.4 is 5.56 Å². The number of aryl methyl sites for hydroxylation is 1. The van der Waals surface area contributed by atoms with Gasteiger partial charge in [-0.2, -0.15) is 0 Å². The van der Waals surface area contributed by atoms with E-state index in [0.717, 1.165) is 0 Å². The molecule has 0 amide bonds. The number of rotatable bonds is 1. The first-order valence-electron chi connectivity index (χ1n) is 4.88. The number of fused-ring (bicyclic) bond motifs is 1. The zero-order valence-corrected chi connectivity index (χ0v) is 8.91. The third-order valence-electron chi connectivity index (χ3n) is 2.46. The number of hydrogen-bond acceptors (Lipinski definition) is 3. The van der Waals surface area contributed by atoms with E-state index in [4.69, 9.17) is 0 Å². The molecule has 1 unspecified atom stereocenters. The first-order chi connectivity index (χ1) is 7.50. The molecule has 0 fully saturated rings. The summed E-state index contributed by atoms with van der Waals surface area (Å²) in [7, 11) is 0. The molecule has 1 atom stereocenters. The lowest BCUT2D eigenvalue weighted by molar-refractivity contribution is 0.194. The minimum atomic E-state index is -0.922. The normalized spacial score (nSPS) is 13.0. The van der Waals surface area contributed by atoms with Gasteiger partial charge < -0.3 is 10.1 Å². The fourth-order valence-corrected chi connectivity index (χ4v) is 1.55. The molecule has 2 aromatic rings. The number of hydrogen-bond donors (Lipinski definition) is 2. The van der Waals surface area contributed by atoms with E-state index in [2.05, 4.69) is 9.97 Å². The number of aromatic amines is 1. The molecule has 0 aliphatic rings. The van der Waals surface area contributed by atoms with E-state index in [1.807, 2.05) is 0 Å². The largest absolute Gasteiger partial charge is 0.389 e. The van der Waals surface area contributed by atoms with Crippen molar-refractivity contribution in [2.24, 2.45) is 0 Å². The Morgan fingerprint density at radius 3 is 2.81 bits per heavy atom. The summed E-state index contributed by atoms with van der Waals surface area (Å²) in [5.74, 6) is -0.628. The third kappa shape index (κ3) is 1.59. The minimum Gasteiger partial charge on any atom is -0.389 e. The molecular weight excluding hydrogens is 211 g/mol. The van der Waals surface area contributed by atoms with Crippen LogP contribution in [-0.4, -0.2) is 15.1 Å². The molecular formula is C11H11FN2O2. The molecule has 2 rings (SSSR count). The van der Waals surface area contributed by atoms with Crippen molar-refractivity contribution in [2.75, 3.05) is 0 Å². The molecule has 0 saturated carbocycles. The van der Waals surface area contributed by atoms with Gasteiger partial charge in [0.05, 0.1) is 11.6 Å². The van der Waals surface area contributed by atoms with Crippen LogP contribution in [0.3, 0.4) is 0 Å². The van der Waals surface area contributed by atoms with Crippen LogP contribution in [0.25, 0.3) is 11.0 Å². The van der Waals surface area contributed by atoms with Crippen molar-refractivity contribution in [1.29, 1.82) is 0 Å². The number of aromatic nitrogens is 2. The van der Waals surface area contributed by atoms with E-state index >= 15 is 0 Å². The van der Waals surface area contributed by atoms with E-state index < -0.39 is 17.5 Å². The number of H-pyrrole nitrogens is 1. The molecule has 1 heterocycles. The average molecular weight is 222 g/mol. The Balaban J connectivity index is 2.84. The highest BCUT2D eigenvalue weighted by Gasteiger charge is 2.13. The monoisotopic (exact) mass is 222 g/mol. The number of aliphatic hydroxyl groups is 1. The maximum atomic E-state index is 13.9. The number of aliphatic hydroxyl groups excluding tert-OH is 1. The van der Waals surface area contributed by atoms with Crippen LogP contribution in [0.15, 0.2) is 16.9 Å². The topological polar surface area (TPSA) is 66.0 Å². The quantitative estimate of drug-likeness (QED) is 0.767. The summed E-state index contributed by atoms with van der Waals surface area (Å²) < 4.78 is 13.9. The van der Waals surface area contributed by atoms with E-state index in [-0.39, 0.29) is 16.8 Å². The predicted molar refractivity (Wildman–Crippen MR) is 57.7 cm³/mol. The molecule has 1 aromatic heterocycles. The van der Waals surface area contributed by atoms with Gasteiger partial charge in [0, 0.05) is 5.56 Å². The predicted octanol–water partition coefficient (Wildman–Crippen LogP) is 1.42. The van der Waals surface area contributed by atoms with Crippen LogP contribution in [-0.2, 0) is 0 Å². The van der Waals surface area contributed by atoms with Gasteiger partial charge in [-0.05, 0) is 19.9 Å². The molecule has 4 nitrogen and oxygen atoms in total. The Morgan fingerprint density at radius 1 is 1.50 bits per heavy atom. The van der Waals surface area contributed by atoms with E-state index in [1.54, 1.807) is 13.0 Å². The van der Waals surface area contributed by atoms with Crippen molar-refractivity contribution < 1.29 is 9.50 Å². The molecule has 0 aliphatic carbocycles. The second-order valence-corrected chi connectivity index (χ2v) is 3.69. The second kappa shape index (κ2) is 3.68. The van der Waals surface area contributed by atoms with Crippen LogP contribution in [0.2, 0.25) is 0 Å². The lowest BCUT2D eigenvalue weighted by Crippen LogP contribution is -2.13. The standard InChI is InChI=1S/C11H11FN2O2/c1-5-11(16)14-10-8(13-5)4-3-7(6(2)15)9(10)12/h3-4,6,15H,1-2H3,(H,14,16). The average Bonchev–Trinajstić information content (AvgIpc) is 2.21. The highest BCUT2D eigenvalue weighted by Crippen LogP contribution is 2.21. The van der Waals surface area contributed by atoms with Crippen molar-refractivity contribution >= 4 is 11.0 Å². The van der Waals surface area contributed by atoms with Gasteiger partial charge in [0.1, 0.15) is 11.2 Å². The SMILES string of the molecule is Cc1nc2ccc(C(C)O)c(F)c2[nH]c1=O. The van der Waals surface area contributed by atoms with Crippen LogP contribution in [0.5, 0.6) is 0 Å². The Hall–Kier alpha value is -1.75. The Morgan fingerprint density at radius 2 is 2.19 bits per heavy atom. The molecule has 2 N–H and O–H groups in total. The molecule has 0 aliphatic heterocycles. The zero-order valence-electron chi connectivity index (χ0n) is 8.91. The zero-order chi connectivity index (χ0) is 11.9. The number of nitrogens with zero attached hydrogens (tertiary/aromatic N) is 1. The first-order valence-corrected chi connectivity index (χ1v) is 4.88. The fourth-order valence-electron chi connectivity index (χ4n) is 1.55. The Labute approximate surface area is 90.8 Å². The molecule has 0 saturated heterocycles. The first kappa shape index (κ1) is 10.8. The summed E-state index contributed by atoms with van der Waals surface area (Å²) >= 11 is 0. The minimum absolute atomic E-state index is 0.0361. The Kier molecular flexibility index (Phi) is 2.47. The maximum absolute atomic E-state index is 13.9. The van der Waals surface area contributed by atoms with Gasteiger partial charge in [0.15, 0.2) is 5.82 Å². The van der Waals surface area contributed by atoms with Crippen LogP contribution in [0.4, 0.5) is 4.39 Å². The number of halogens is 1. The fraction of sp³-hybridized carbons (Fsp3) is 0.273. The molecule has 16 heavy (non-hydrogen) atoms. The van der Waals surface area contributed by atoms with Gasteiger partial charge in [0.2, 0.25) is 0 Å². The lowest BCUT2D eigenvalue weighted by atomic mass is 10.1. The van der Waals surface area contributed by atoms with Gasteiger partial charge >= 0.3 is 0 Å². The van der Waals surface area contributed by atoms with E-state index in [1.165, 1.54) is 13.0 Å². The lowest BCUT2D eigenvalue weighted by Gasteiger charge is -2.08. The maximum Gasteiger partial charge on any atom is 0.269 e. The summed E-state index contributed by atoms with van der Waals surface area (Å²) in [5.41, 5.74) is 0.424. The molecule has 84 valence electrons. The highest BCUT2D eigenvalue weighted by atomic mass is 19.1. The van der Waals surface area contributed by atoms with Crippen molar-refractivity contribution in [3.63, 3.8) is 0 Å². The molecule has 1 aromatic carbocycles. The van der Waals surface area contributed by atoms with Crippen molar-refractivity contribution in [2.45, 2.75) is 20.0 Å². The molecule has 5 heteroatoms. The van der Waals surface area contributed by atoms with Crippen LogP contribution in [0, 0.1) is 12.7 Å². The number of nitrogens with one attached hydrogen (secondary N) is 1. The highest BCUT2D eigenvalue weighted by molar-refractivity contribution is 5.75. The second-order valence-electron chi connectivity index (χ2n) is 3.69. The van der Waals surface area contributed by atoms with Gasteiger partial charge in [-0.1, -0.05) is 6.07 Å². The summed E-state index contributed by atoms with van der Waals surface area (Å²) in [6.45, 7) is 3.02. The smallest absolute Gasteiger partial charge is 0.269 e. The Bertz CT molecular complexity index is 605. The summed E-state index contributed by atoms with van der Waals surface area (Å²) in [6, 6.07) is 3.04.